The van der Waals surface area contributed by atoms with E-state index in [1.165, 1.54) is 0 Å². The van der Waals surface area contributed by atoms with Gasteiger partial charge in [0.05, 0.1) is 7.11 Å². The molecule has 3 aromatic rings. The lowest BCUT2D eigenvalue weighted by molar-refractivity contribution is -0.145. The average molecular weight is 630 g/mol. The van der Waals surface area contributed by atoms with Crippen molar-refractivity contribution in [3.05, 3.63) is 89.2 Å². The number of hydrogen-bond acceptors (Lipinski definition) is 6. The number of methoxy groups -OCH3 is 1. The highest BCUT2D eigenvalue weighted by molar-refractivity contribution is 5.85. The molecule has 5 rings (SSSR count). The van der Waals surface area contributed by atoms with Crippen LogP contribution in [0.2, 0.25) is 0 Å². The summed E-state index contributed by atoms with van der Waals surface area (Å²) in [7, 11) is 1.56. The van der Waals surface area contributed by atoms with Crippen LogP contribution in [0.3, 0.4) is 0 Å². The van der Waals surface area contributed by atoms with E-state index < -0.39 is 29.5 Å². The molecule has 1 saturated carbocycles. The number of fused-ring (bicyclic) bond motifs is 1. The van der Waals surface area contributed by atoms with Crippen LogP contribution in [0, 0.1) is 29.3 Å². The first-order valence-corrected chi connectivity index (χ1v) is 13.1. The van der Waals surface area contributed by atoms with E-state index in [9.17, 15) is 23.1 Å². The number of benzene rings is 3. The van der Waals surface area contributed by atoms with Gasteiger partial charge >= 0.3 is 5.97 Å². The van der Waals surface area contributed by atoms with Crippen LogP contribution >= 0.6 is 24.8 Å². The van der Waals surface area contributed by atoms with Gasteiger partial charge in [-0.25, -0.2) is 18.0 Å². The summed E-state index contributed by atoms with van der Waals surface area (Å²) < 4.78 is 57.1. The summed E-state index contributed by atoms with van der Waals surface area (Å²) in [4.78, 5) is 13.8. The van der Waals surface area contributed by atoms with Crippen molar-refractivity contribution in [1.29, 1.82) is 0 Å². The van der Waals surface area contributed by atoms with Crippen LogP contribution in [-0.4, -0.2) is 61.5 Å². The lowest BCUT2D eigenvalue weighted by Crippen LogP contribution is -2.33. The van der Waals surface area contributed by atoms with Crippen molar-refractivity contribution < 1.29 is 37.3 Å². The molecule has 4 atom stereocenters. The molecule has 0 aromatic heterocycles. The van der Waals surface area contributed by atoms with Crippen LogP contribution in [0.1, 0.15) is 11.1 Å². The zero-order valence-electron chi connectivity index (χ0n) is 22.8. The molecule has 2 unspecified atom stereocenters. The molecule has 7 nitrogen and oxygen atoms in total. The SMILES string of the molecule is COc1ccc(O[C@@H](Cc2ccc(OCCNC3C4CN(Cc5cc(F)c(F)cc5F)C[C@@H]43)cc2)C(=O)O)cc1.Cl.Cl. The fourth-order valence-electron chi connectivity index (χ4n) is 5.30. The number of likely N-dealkylation sites (tertiary alicyclic amines) is 1. The molecule has 3 aromatic carbocycles. The van der Waals surface area contributed by atoms with Crippen molar-refractivity contribution >= 4 is 30.8 Å². The fourth-order valence-corrected chi connectivity index (χ4v) is 5.30. The minimum absolute atomic E-state index is 0. The van der Waals surface area contributed by atoms with Gasteiger partial charge in [0.2, 0.25) is 0 Å². The number of rotatable bonds is 13. The van der Waals surface area contributed by atoms with Gasteiger partial charge in [-0.15, -0.1) is 24.8 Å². The molecule has 42 heavy (non-hydrogen) atoms. The Balaban J connectivity index is 0.00000242. The Bertz CT molecular complexity index is 1320. The summed E-state index contributed by atoms with van der Waals surface area (Å²) in [5, 5.41) is 13.1. The van der Waals surface area contributed by atoms with Gasteiger partial charge in [0.1, 0.15) is 29.7 Å². The Morgan fingerprint density at radius 1 is 0.929 bits per heavy atom. The third-order valence-corrected chi connectivity index (χ3v) is 7.46. The molecule has 0 amide bonds. The zero-order chi connectivity index (χ0) is 28.2. The second-order valence-electron chi connectivity index (χ2n) is 10.2. The molecule has 0 spiro atoms. The topological polar surface area (TPSA) is 80.3 Å². The normalized spacial score (nSPS) is 19.6. The van der Waals surface area contributed by atoms with Gasteiger partial charge in [-0.3, -0.25) is 4.90 Å². The van der Waals surface area contributed by atoms with Gasteiger partial charge in [-0.1, -0.05) is 12.1 Å². The summed E-state index contributed by atoms with van der Waals surface area (Å²) in [6.07, 6.45) is -0.831. The van der Waals surface area contributed by atoms with Crippen LogP contribution in [0.15, 0.2) is 60.7 Å². The van der Waals surface area contributed by atoms with Crippen molar-refractivity contribution in [3.8, 4) is 17.2 Å². The van der Waals surface area contributed by atoms with Crippen molar-refractivity contribution in [2.24, 2.45) is 11.8 Å². The smallest absolute Gasteiger partial charge is 0.345 e. The van der Waals surface area contributed by atoms with Crippen molar-refractivity contribution in [2.45, 2.75) is 25.1 Å². The Kier molecular flexibility index (Phi) is 11.8. The van der Waals surface area contributed by atoms with Gasteiger partial charge in [0.15, 0.2) is 17.7 Å². The third-order valence-electron chi connectivity index (χ3n) is 7.46. The number of nitrogens with zero attached hydrogens (tertiary/aromatic N) is 1. The lowest BCUT2D eigenvalue weighted by atomic mass is 10.1. The number of piperidine rings is 1. The Morgan fingerprint density at radius 3 is 2.14 bits per heavy atom. The first-order valence-electron chi connectivity index (χ1n) is 13.1. The average Bonchev–Trinajstić information content (AvgIpc) is 3.39. The molecule has 228 valence electrons. The van der Waals surface area contributed by atoms with Gasteiger partial charge in [0.25, 0.3) is 0 Å². The van der Waals surface area contributed by atoms with Gasteiger partial charge in [-0.05, 0) is 59.9 Å². The first kappa shape index (κ1) is 33.3. The largest absolute Gasteiger partial charge is 0.497 e. The van der Waals surface area contributed by atoms with E-state index in [4.69, 9.17) is 14.2 Å². The van der Waals surface area contributed by atoms with E-state index >= 15 is 0 Å². The maximum Gasteiger partial charge on any atom is 0.345 e. The molecule has 2 fully saturated rings. The number of hydrogen-bond donors (Lipinski definition) is 2. The summed E-state index contributed by atoms with van der Waals surface area (Å²) in [6.45, 7) is 2.96. The Hall–Kier alpha value is -3.18. The minimum Gasteiger partial charge on any atom is -0.497 e. The first-order chi connectivity index (χ1) is 19.3. The highest BCUT2D eigenvalue weighted by atomic mass is 35.5. The van der Waals surface area contributed by atoms with E-state index in [0.29, 0.717) is 54.3 Å². The van der Waals surface area contributed by atoms with Crippen LogP contribution < -0.4 is 19.5 Å². The number of halogens is 5. The number of carboxylic acid groups (broad SMARTS) is 1. The van der Waals surface area contributed by atoms with Gasteiger partial charge in [0, 0.05) is 50.3 Å². The van der Waals surface area contributed by atoms with E-state index in [-0.39, 0.29) is 43.3 Å². The number of carboxylic acids is 1. The Labute approximate surface area is 254 Å². The summed E-state index contributed by atoms with van der Waals surface area (Å²) in [5.74, 6) is -1.27. The molecule has 1 aliphatic heterocycles. The fraction of sp³-hybridized carbons (Fsp3) is 0.367. The van der Waals surface area contributed by atoms with Crippen LogP contribution in [0.25, 0.3) is 0 Å². The highest BCUT2D eigenvalue weighted by Crippen LogP contribution is 2.45. The summed E-state index contributed by atoms with van der Waals surface area (Å²) >= 11 is 0. The molecule has 1 saturated heterocycles. The maximum absolute atomic E-state index is 13.9. The van der Waals surface area contributed by atoms with E-state index in [0.717, 1.165) is 24.7 Å². The van der Waals surface area contributed by atoms with Crippen LogP contribution in [0.5, 0.6) is 17.2 Å². The highest BCUT2D eigenvalue weighted by Gasteiger charge is 2.55. The number of nitrogens with one attached hydrogen (secondary N) is 1. The summed E-state index contributed by atoms with van der Waals surface area (Å²) in [5.41, 5.74) is 0.984. The van der Waals surface area contributed by atoms with Crippen LogP contribution in [0.4, 0.5) is 13.2 Å². The van der Waals surface area contributed by atoms with Crippen LogP contribution in [-0.2, 0) is 17.8 Å². The molecule has 2 aliphatic rings. The predicted octanol–water partition coefficient (Wildman–Crippen LogP) is 5.13. The molecular formula is C30H33Cl2F3N2O5. The van der Waals surface area contributed by atoms with Gasteiger partial charge < -0.3 is 24.6 Å². The number of carbonyl (C=O) groups is 1. The molecule has 2 N–H and O–H groups in total. The minimum atomic E-state index is -1.17. The Morgan fingerprint density at radius 2 is 1.52 bits per heavy atom. The molecule has 0 radical (unpaired) electrons. The standard InChI is InChI=1S/C30H31F3N2O5.2ClH/c1-38-20-6-8-22(9-7-20)40-28(30(36)37)12-18-2-4-21(5-3-18)39-11-10-34-29-23-16-35(17-24(23)29)15-19-13-26(32)27(33)14-25(19)31;;/h2-9,13-14,23-24,28-29,34H,10-12,15-17H2,1H3,(H,36,37);2*1H/t23-,24?,28-,29?;;/m0../s1. The third kappa shape index (κ3) is 8.22. The molecule has 1 heterocycles. The second-order valence-corrected chi connectivity index (χ2v) is 10.2. The van der Waals surface area contributed by atoms with Crippen molar-refractivity contribution in [3.63, 3.8) is 0 Å². The zero-order valence-corrected chi connectivity index (χ0v) is 24.4. The lowest BCUT2D eigenvalue weighted by Gasteiger charge is -2.20. The molecule has 0 bridgehead atoms. The van der Waals surface area contributed by atoms with Crippen molar-refractivity contribution in [1.82, 2.24) is 10.2 Å². The number of aliphatic carboxylic acids is 1. The maximum atomic E-state index is 13.9. The van der Waals surface area contributed by atoms with Crippen molar-refractivity contribution in [2.75, 3.05) is 33.4 Å². The molecule has 1 aliphatic carbocycles. The van der Waals surface area contributed by atoms with Gasteiger partial charge in [-0.2, -0.15) is 0 Å². The number of ether oxygens (including phenoxy) is 3. The molecular weight excluding hydrogens is 596 g/mol. The second kappa shape index (κ2) is 14.8. The van der Waals surface area contributed by atoms with E-state index in [1.54, 1.807) is 31.4 Å². The monoisotopic (exact) mass is 628 g/mol. The molecule has 12 heteroatoms. The summed E-state index contributed by atoms with van der Waals surface area (Å²) in [6, 6.07) is 15.9. The quantitative estimate of drug-likeness (QED) is 0.201. The predicted molar refractivity (Wildman–Crippen MR) is 156 cm³/mol. The van der Waals surface area contributed by atoms with E-state index in [2.05, 4.69) is 10.2 Å². The van der Waals surface area contributed by atoms with E-state index in [1.807, 2.05) is 24.3 Å².